The lowest BCUT2D eigenvalue weighted by molar-refractivity contribution is -0.137. The highest BCUT2D eigenvalue weighted by Gasteiger charge is 2.35. The van der Waals surface area contributed by atoms with Crippen LogP contribution in [0.4, 0.5) is 24.8 Å². The molecular formula is C18H21F3N6. The first-order valence-corrected chi connectivity index (χ1v) is 8.82. The highest BCUT2D eigenvalue weighted by molar-refractivity contribution is 5.55. The molecule has 6 nitrogen and oxygen atoms in total. The number of aryl methyl sites for hydroxylation is 1. The SMILES string of the molecule is CCn1ncnc1N1CCCC(N(C)c2ccc(C#N)c(C(F)(F)F)c2)C1. The van der Waals surface area contributed by atoms with E-state index in [0.717, 1.165) is 31.4 Å². The minimum Gasteiger partial charge on any atom is -0.370 e. The van der Waals surface area contributed by atoms with Crippen LogP contribution in [-0.2, 0) is 12.7 Å². The summed E-state index contributed by atoms with van der Waals surface area (Å²) in [5.41, 5.74) is -0.807. The van der Waals surface area contributed by atoms with Crippen molar-refractivity contribution < 1.29 is 13.2 Å². The average molecular weight is 378 g/mol. The summed E-state index contributed by atoms with van der Waals surface area (Å²) in [7, 11) is 1.79. The maximum atomic E-state index is 13.3. The number of nitrogens with zero attached hydrogens (tertiary/aromatic N) is 6. The van der Waals surface area contributed by atoms with Crippen molar-refractivity contribution in [3.05, 3.63) is 35.7 Å². The Kier molecular flexibility index (Phi) is 5.26. The Labute approximate surface area is 155 Å². The highest BCUT2D eigenvalue weighted by atomic mass is 19.4. The number of anilines is 2. The van der Waals surface area contributed by atoms with Crippen LogP contribution in [0.15, 0.2) is 24.5 Å². The largest absolute Gasteiger partial charge is 0.417 e. The fourth-order valence-corrected chi connectivity index (χ4v) is 3.47. The van der Waals surface area contributed by atoms with Crippen molar-refractivity contribution in [2.75, 3.05) is 29.9 Å². The predicted molar refractivity (Wildman–Crippen MR) is 95.5 cm³/mol. The zero-order valence-electron chi connectivity index (χ0n) is 15.2. The molecule has 1 aliphatic rings. The second-order valence-corrected chi connectivity index (χ2v) is 6.57. The van der Waals surface area contributed by atoms with Crippen molar-refractivity contribution >= 4 is 11.6 Å². The van der Waals surface area contributed by atoms with Crippen LogP contribution in [0.25, 0.3) is 0 Å². The lowest BCUT2D eigenvalue weighted by atomic mass is 10.0. The van der Waals surface area contributed by atoms with Crippen LogP contribution in [-0.4, -0.2) is 40.9 Å². The van der Waals surface area contributed by atoms with Crippen molar-refractivity contribution in [1.29, 1.82) is 5.26 Å². The number of rotatable bonds is 4. The van der Waals surface area contributed by atoms with Gasteiger partial charge in [0.25, 0.3) is 0 Å². The molecule has 3 rings (SSSR count). The monoisotopic (exact) mass is 378 g/mol. The van der Waals surface area contributed by atoms with Crippen molar-refractivity contribution in [1.82, 2.24) is 14.8 Å². The van der Waals surface area contributed by atoms with E-state index in [0.29, 0.717) is 18.8 Å². The Hall–Kier alpha value is -2.76. The first-order chi connectivity index (χ1) is 12.8. The Bertz CT molecular complexity index is 838. The number of benzene rings is 1. The quantitative estimate of drug-likeness (QED) is 0.817. The van der Waals surface area contributed by atoms with Gasteiger partial charge in [0.1, 0.15) is 6.33 Å². The van der Waals surface area contributed by atoms with Gasteiger partial charge in [-0.1, -0.05) is 0 Å². The molecule has 1 aliphatic heterocycles. The fourth-order valence-electron chi connectivity index (χ4n) is 3.47. The van der Waals surface area contributed by atoms with E-state index in [2.05, 4.69) is 15.0 Å². The Morgan fingerprint density at radius 3 is 2.81 bits per heavy atom. The average Bonchev–Trinajstić information content (AvgIpc) is 3.15. The highest BCUT2D eigenvalue weighted by Crippen LogP contribution is 2.35. The van der Waals surface area contributed by atoms with Gasteiger partial charge < -0.3 is 9.80 Å². The number of halogens is 3. The number of hydrogen-bond donors (Lipinski definition) is 0. The van der Waals surface area contributed by atoms with Gasteiger partial charge in [-0.15, -0.1) is 0 Å². The van der Waals surface area contributed by atoms with E-state index < -0.39 is 11.7 Å². The van der Waals surface area contributed by atoms with E-state index in [1.807, 2.05) is 16.5 Å². The fraction of sp³-hybridized carbons (Fsp3) is 0.500. The molecule has 1 aromatic carbocycles. The molecule has 0 N–H and O–H groups in total. The Balaban J connectivity index is 1.83. The summed E-state index contributed by atoms with van der Waals surface area (Å²) in [6, 6.07) is 5.53. The second kappa shape index (κ2) is 7.47. The summed E-state index contributed by atoms with van der Waals surface area (Å²) in [4.78, 5) is 8.30. The molecule has 27 heavy (non-hydrogen) atoms. The Morgan fingerprint density at radius 2 is 2.15 bits per heavy atom. The molecule has 144 valence electrons. The number of hydrogen-bond acceptors (Lipinski definition) is 5. The van der Waals surface area contributed by atoms with Crippen molar-refractivity contribution in [2.45, 2.75) is 38.5 Å². The van der Waals surface area contributed by atoms with Gasteiger partial charge in [0.05, 0.1) is 17.2 Å². The molecule has 2 aromatic rings. The van der Waals surface area contributed by atoms with E-state index in [4.69, 9.17) is 5.26 Å². The summed E-state index contributed by atoms with van der Waals surface area (Å²) >= 11 is 0. The maximum Gasteiger partial charge on any atom is 0.417 e. The summed E-state index contributed by atoms with van der Waals surface area (Å²) < 4.78 is 41.6. The summed E-state index contributed by atoms with van der Waals surface area (Å²) in [5, 5.41) is 13.2. The van der Waals surface area contributed by atoms with Crippen LogP contribution >= 0.6 is 0 Å². The number of alkyl halides is 3. The lowest BCUT2D eigenvalue weighted by Gasteiger charge is -2.39. The van der Waals surface area contributed by atoms with Gasteiger partial charge in [0.15, 0.2) is 0 Å². The van der Waals surface area contributed by atoms with Crippen molar-refractivity contribution in [3.8, 4) is 6.07 Å². The molecule has 0 radical (unpaired) electrons. The number of piperidine rings is 1. The molecule has 0 amide bonds. The molecular weight excluding hydrogens is 357 g/mol. The third-order valence-corrected chi connectivity index (χ3v) is 4.96. The molecule has 1 fully saturated rings. The van der Waals surface area contributed by atoms with Gasteiger partial charge in [-0.2, -0.15) is 28.5 Å². The predicted octanol–water partition coefficient (Wildman–Crippen LogP) is 3.29. The first kappa shape index (κ1) is 19.0. The normalized spacial score (nSPS) is 17.6. The summed E-state index contributed by atoms with van der Waals surface area (Å²) in [6.45, 7) is 4.18. The topological polar surface area (TPSA) is 61.0 Å². The number of likely N-dealkylation sites (N-methyl/N-ethyl adjacent to an activating group) is 1. The van der Waals surface area contributed by atoms with Gasteiger partial charge in [0.2, 0.25) is 5.95 Å². The third-order valence-electron chi connectivity index (χ3n) is 4.96. The van der Waals surface area contributed by atoms with Crippen molar-refractivity contribution in [2.24, 2.45) is 0 Å². The van der Waals surface area contributed by atoms with Crippen LogP contribution in [0.2, 0.25) is 0 Å². The molecule has 2 heterocycles. The van der Waals surface area contributed by atoms with Crippen LogP contribution in [0.1, 0.15) is 30.9 Å². The van der Waals surface area contributed by atoms with Gasteiger partial charge in [-0.25, -0.2) is 4.68 Å². The van der Waals surface area contributed by atoms with E-state index >= 15 is 0 Å². The van der Waals surface area contributed by atoms with Gasteiger partial charge >= 0.3 is 6.18 Å². The second-order valence-electron chi connectivity index (χ2n) is 6.57. The van der Waals surface area contributed by atoms with Crippen molar-refractivity contribution in [3.63, 3.8) is 0 Å². The summed E-state index contributed by atoms with van der Waals surface area (Å²) in [5.74, 6) is 0.784. The summed E-state index contributed by atoms with van der Waals surface area (Å²) in [6.07, 6.45) is -1.26. The molecule has 0 spiro atoms. The molecule has 1 aromatic heterocycles. The van der Waals surface area contributed by atoms with Crippen LogP contribution in [0, 0.1) is 11.3 Å². The van der Waals surface area contributed by atoms with Gasteiger partial charge in [-0.3, -0.25) is 0 Å². The minimum absolute atomic E-state index is 0.0368. The third kappa shape index (κ3) is 3.84. The van der Waals surface area contributed by atoms with E-state index in [1.54, 1.807) is 19.2 Å². The molecule has 0 saturated carbocycles. The van der Waals surface area contributed by atoms with E-state index in [-0.39, 0.29) is 11.6 Å². The van der Waals surface area contributed by atoms with Gasteiger partial charge in [-0.05, 0) is 38.0 Å². The van der Waals surface area contributed by atoms with Gasteiger partial charge in [0, 0.05) is 38.4 Å². The zero-order valence-corrected chi connectivity index (χ0v) is 15.2. The molecule has 1 saturated heterocycles. The molecule has 1 unspecified atom stereocenters. The molecule has 0 bridgehead atoms. The number of aromatic nitrogens is 3. The lowest BCUT2D eigenvalue weighted by Crippen LogP contribution is -2.47. The Morgan fingerprint density at radius 1 is 1.37 bits per heavy atom. The smallest absolute Gasteiger partial charge is 0.370 e. The van der Waals surface area contributed by atoms with E-state index in [1.165, 1.54) is 12.4 Å². The molecule has 1 atom stereocenters. The minimum atomic E-state index is -4.56. The standard InChI is InChI=1S/C18H21F3N6/c1-3-27-17(23-12-24-27)26-8-4-5-15(11-26)25(2)14-7-6-13(10-22)16(9-14)18(19,20)21/h6-7,9,12,15H,3-5,8,11H2,1-2H3. The first-order valence-electron chi connectivity index (χ1n) is 8.82. The van der Waals surface area contributed by atoms with Crippen LogP contribution < -0.4 is 9.80 Å². The molecule has 0 aliphatic carbocycles. The maximum absolute atomic E-state index is 13.3. The van der Waals surface area contributed by atoms with Crippen LogP contribution in [0.5, 0.6) is 0 Å². The number of nitriles is 1. The zero-order chi connectivity index (χ0) is 19.6. The van der Waals surface area contributed by atoms with Crippen LogP contribution in [0.3, 0.4) is 0 Å². The molecule has 9 heteroatoms. The van der Waals surface area contributed by atoms with E-state index in [9.17, 15) is 13.2 Å².